The van der Waals surface area contributed by atoms with Gasteiger partial charge in [-0.15, -0.1) is 11.3 Å². The maximum absolute atomic E-state index is 10.7. The smallest absolute Gasteiger partial charge is 0.304 e. The molecule has 2 aromatic rings. The summed E-state index contributed by atoms with van der Waals surface area (Å²) in [6.07, 6.45) is 7.36. The monoisotopic (exact) mass is 321 g/mol. The van der Waals surface area contributed by atoms with Gasteiger partial charge in [0, 0.05) is 17.6 Å². The lowest BCUT2D eigenvalue weighted by atomic mass is 9.98. The van der Waals surface area contributed by atoms with E-state index in [2.05, 4.69) is 20.8 Å². The van der Waals surface area contributed by atoms with Crippen LogP contribution in [0.4, 0.5) is 5.69 Å². The number of nitrogens with zero attached hydrogens (tertiary/aromatic N) is 4. The molecule has 1 N–H and O–H groups in total. The fourth-order valence-corrected chi connectivity index (χ4v) is 4.03. The molecule has 22 heavy (non-hydrogen) atoms. The first-order valence-electron chi connectivity index (χ1n) is 7.44. The highest BCUT2D eigenvalue weighted by Gasteiger charge is 2.37. The van der Waals surface area contributed by atoms with Gasteiger partial charge in [0.05, 0.1) is 17.0 Å². The lowest BCUT2D eigenvalue weighted by Gasteiger charge is -2.28. The first-order chi connectivity index (χ1) is 10.6. The van der Waals surface area contributed by atoms with Gasteiger partial charge >= 0.3 is 5.69 Å². The first-order valence-corrected chi connectivity index (χ1v) is 8.31. The molecular formula is C14H19N5O2S. The Labute approximate surface area is 132 Å². The highest BCUT2D eigenvalue weighted by molar-refractivity contribution is 7.09. The van der Waals surface area contributed by atoms with E-state index in [0.29, 0.717) is 6.54 Å². The van der Waals surface area contributed by atoms with Crippen molar-refractivity contribution >= 4 is 17.0 Å². The molecule has 1 aliphatic rings. The van der Waals surface area contributed by atoms with Crippen LogP contribution >= 0.6 is 11.3 Å². The molecule has 0 atom stereocenters. The number of aryl methyl sites for hydroxylation is 1. The fraction of sp³-hybridized carbons (Fsp3) is 0.571. The van der Waals surface area contributed by atoms with Gasteiger partial charge in [0.2, 0.25) is 0 Å². The topological polar surface area (TPSA) is 85.9 Å². The normalized spacial score (nSPS) is 17.0. The summed E-state index contributed by atoms with van der Waals surface area (Å²) >= 11 is 1.71. The highest BCUT2D eigenvalue weighted by Crippen LogP contribution is 2.39. The van der Waals surface area contributed by atoms with Crippen LogP contribution in [0, 0.1) is 17.0 Å². The molecule has 0 radical (unpaired) electrons. The number of rotatable bonds is 6. The Hall–Kier alpha value is -1.80. The molecule has 3 rings (SSSR count). The second-order valence-corrected chi connectivity index (χ2v) is 6.59. The summed E-state index contributed by atoms with van der Waals surface area (Å²) in [5.41, 5.74) is 1.07. The number of thiazole rings is 1. The number of nitro groups is 1. The largest absolute Gasteiger partial charge is 0.306 e. The molecule has 0 aromatic carbocycles. The van der Waals surface area contributed by atoms with Gasteiger partial charge in [0.25, 0.3) is 0 Å². The second-order valence-electron chi connectivity index (χ2n) is 5.73. The van der Waals surface area contributed by atoms with E-state index in [4.69, 9.17) is 0 Å². The lowest BCUT2D eigenvalue weighted by Crippen LogP contribution is -2.41. The summed E-state index contributed by atoms with van der Waals surface area (Å²) in [4.78, 5) is 14.9. The number of hydrogen-bond donors (Lipinski definition) is 1. The van der Waals surface area contributed by atoms with Crippen LogP contribution in [0.1, 0.15) is 36.4 Å². The maximum atomic E-state index is 10.7. The molecule has 1 aliphatic carbocycles. The highest BCUT2D eigenvalue weighted by atomic mass is 32.1. The van der Waals surface area contributed by atoms with E-state index in [-0.39, 0.29) is 11.2 Å². The van der Waals surface area contributed by atoms with Crippen molar-refractivity contribution in [2.45, 2.75) is 44.7 Å². The van der Waals surface area contributed by atoms with Crippen molar-refractivity contribution in [1.82, 2.24) is 20.1 Å². The van der Waals surface area contributed by atoms with Gasteiger partial charge in [0.15, 0.2) is 0 Å². The predicted octanol–water partition coefficient (Wildman–Crippen LogP) is 2.62. The third-order valence-electron chi connectivity index (χ3n) is 4.12. The van der Waals surface area contributed by atoms with Crippen molar-refractivity contribution < 1.29 is 4.92 Å². The van der Waals surface area contributed by atoms with Gasteiger partial charge in [-0.25, -0.2) is 4.98 Å². The van der Waals surface area contributed by atoms with Gasteiger partial charge in [-0.05, 0) is 19.8 Å². The Bertz CT molecular complexity index is 660. The minimum absolute atomic E-state index is 0.0297. The van der Waals surface area contributed by atoms with Crippen LogP contribution in [0.5, 0.6) is 0 Å². The molecule has 1 saturated carbocycles. The summed E-state index contributed by atoms with van der Waals surface area (Å²) in [5, 5.41) is 21.6. The van der Waals surface area contributed by atoms with Crippen molar-refractivity contribution in [3.63, 3.8) is 0 Å². The minimum atomic E-state index is -0.423. The van der Waals surface area contributed by atoms with Crippen LogP contribution in [-0.2, 0) is 12.1 Å². The molecule has 118 valence electrons. The molecule has 0 unspecified atom stereocenters. The molecule has 7 nitrogen and oxygen atoms in total. The number of nitrogens with one attached hydrogen (secondary N) is 1. The summed E-state index contributed by atoms with van der Waals surface area (Å²) in [5.74, 6) is 0. The van der Waals surface area contributed by atoms with E-state index < -0.39 is 4.92 Å². The van der Waals surface area contributed by atoms with Crippen molar-refractivity contribution in [3.8, 4) is 0 Å². The van der Waals surface area contributed by atoms with E-state index in [9.17, 15) is 10.1 Å². The Morgan fingerprint density at radius 1 is 1.50 bits per heavy atom. The molecule has 0 amide bonds. The average molecular weight is 321 g/mol. The second kappa shape index (κ2) is 6.13. The van der Waals surface area contributed by atoms with E-state index in [1.165, 1.54) is 25.2 Å². The van der Waals surface area contributed by atoms with Crippen LogP contribution in [-0.4, -0.2) is 26.2 Å². The zero-order valence-corrected chi connectivity index (χ0v) is 13.3. The Morgan fingerprint density at radius 3 is 2.86 bits per heavy atom. The molecule has 0 spiro atoms. The van der Waals surface area contributed by atoms with Crippen LogP contribution in [0.2, 0.25) is 0 Å². The molecule has 0 saturated heterocycles. The fourth-order valence-electron chi connectivity index (χ4n) is 3.00. The van der Waals surface area contributed by atoms with Crippen molar-refractivity contribution in [2.24, 2.45) is 0 Å². The van der Waals surface area contributed by atoms with Crippen molar-refractivity contribution in [1.29, 1.82) is 0 Å². The molecular weight excluding hydrogens is 302 g/mol. The average Bonchev–Trinajstić information content (AvgIpc) is 3.19. The molecule has 2 heterocycles. The molecule has 1 fully saturated rings. The third kappa shape index (κ3) is 3.02. The maximum Gasteiger partial charge on any atom is 0.306 e. The third-order valence-corrected chi connectivity index (χ3v) is 5.28. The minimum Gasteiger partial charge on any atom is -0.304 e. The van der Waals surface area contributed by atoms with E-state index in [1.54, 1.807) is 16.0 Å². The predicted molar refractivity (Wildman–Crippen MR) is 83.9 cm³/mol. The number of aromatic nitrogens is 3. The van der Waals surface area contributed by atoms with Gasteiger partial charge in [-0.3, -0.25) is 14.8 Å². The number of hydrogen-bond acceptors (Lipinski definition) is 6. The Morgan fingerprint density at radius 2 is 2.27 bits per heavy atom. The van der Waals surface area contributed by atoms with E-state index in [1.807, 2.05) is 6.92 Å². The van der Waals surface area contributed by atoms with Gasteiger partial charge in [0.1, 0.15) is 17.4 Å². The summed E-state index contributed by atoms with van der Waals surface area (Å²) in [6.45, 7) is 3.35. The standard InChI is InChI=1S/C14H19N5O2S/c1-11-10-22-13(17-11)14(4-2-3-5-14)15-6-7-18-9-12(8-16-18)19(20)21/h8-10,15H,2-7H2,1H3. The van der Waals surface area contributed by atoms with Gasteiger partial charge in [-0.2, -0.15) is 5.10 Å². The van der Waals surface area contributed by atoms with Gasteiger partial charge in [-0.1, -0.05) is 12.8 Å². The zero-order chi connectivity index (χ0) is 15.6. The van der Waals surface area contributed by atoms with Crippen LogP contribution in [0.3, 0.4) is 0 Å². The van der Waals surface area contributed by atoms with E-state index >= 15 is 0 Å². The summed E-state index contributed by atoms with van der Waals surface area (Å²) in [6, 6.07) is 0. The first kappa shape index (κ1) is 15.1. The van der Waals surface area contributed by atoms with Crippen LogP contribution in [0.25, 0.3) is 0 Å². The Kier molecular flexibility index (Phi) is 4.21. The van der Waals surface area contributed by atoms with Crippen LogP contribution < -0.4 is 5.32 Å². The van der Waals surface area contributed by atoms with Crippen LogP contribution in [0.15, 0.2) is 17.8 Å². The zero-order valence-electron chi connectivity index (χ0n) is 12.5. The molecule has 8 heteroatoms. The van der Waals surface area contributed by atoms with Crippen molar-refractivity contribution in [2.75, 3.05) is 6.54 Å². The lowest BCUT2D eigenvalue weighted by molar-refractivity contribution is -0.385. The van der Waals surface area contributed by atoms with Gasteiger partial charge < -0.3 is 5.32 Å². The summed E-state index contributed by atoms with van der Waals surface area (Å²) < 4.78 is 1.61. The summed E-state index contributed by atoms with van der Waals surface area (Å²) in [7, 11) is 0. The Balaban J connectivity index is 1.64. The van der Waals surface area contributed by atoms with E-state index in [0.717, 1.165) is 30.1 Å². The molecule has 0 bridgehead atoms. The molecule has 2 aromatic heterocycles. The molecule has 0 aliphatic heterocycles. The quantitative estimate of drug-likeness (QED) is 0.653. The SMILES string of the molecule is Cc1csc(C2(NCCn3cc([N+](=O)[O-])cn3)CCCC2)n1. The van der Waals surface area contributed by atoms with Crippen molar-refractivity contribution in [3.05, 3.63) is 38.6 Å².